The normalized spacial score (nSPS) is 10.4. The van der Waals surface area contributed by atoms with E-state index in [9.17, 15) is 0 Å². The number of nitrogen functional groups attached to an aromatic ring is 1. The number of nitrogens with zero attached hydrogens (tertiary/aromatic N) is 3. The summed E-state index contributed by atoms with van der Waals surface area (Å²) >= 11 is 0. The van der Waals surface area contributed by atoms with Gasteiger partial charge in [0.25, 0.3) is 0 Å². The first-order valence-corrected chi connectivity index (χ1v) is 9.61. The zero-order valence-electron chi connectivity index (χ0n) is 16.3. The van der Waals surface area contributed by atoms with E-state index in [0.29, 0.717) is 29.8 Å². The van der Waals surface area contributed by atoms with Gasteiger partial charge in [0.2, 0.25) is 11.8 Å². The van der Waals surface area contributed by atoms with Gasteiger partial charge in [0, 0.05) is 24.5 Å². The van der Waals surface area contributed by atoms with E-state index in [-0.39, 0.29) is 0 Å². The SMILES string of the molecule is NNc1nc(Nc2ccccc2)nc(OCCc2ccncc2)c1-c1ccccc1. The topological polar surface area (TPSA) is 98.0 Å². The van der Waals surface area contributed by atoms with E-state index in [0.717, 1.165) is 23.2 Å². The molecule has 4 N–H and O–H groups in total. The fourth-order valence-corrected chi connectivity index (χ4v) is 3.04. The van der Waals surface area contributed by atoms with Crippen molar-refractivity contribution >= 4 is 17.5 Å². The number of hydrogen-bond acceptors (Lipinski definition) is 7. The molecule has 150 valence electrons. The number of anilines is 3. The predicted octanol–water partition coefficient (Wildman–Crippen LogP) is 4.19. The summed E-state index contributed by atoms with van der Waals surface area (Å²) in [6, 6.07) is 23.4. The summed E-state index contributed by atoms with van der Waals surface area (Å²) in [7, 11) is 0. The monoisotopic (exact) mass is 398 g/mol. The number of pyridine rings is 1. The summed E-state index contributed by atoms with van der Waals surface area (Å²) in [5, 5.41) is 3.20. The van der Waals surface area contributed by atoms with Crippen LogP contribution in [0.5, 0.6) is 5.88 Å². The Labute approximate surface area is 175 Å². The van der Waals surface area contributed by atoms with Crippen LogP contribution in [0.25, 0.3) is 11.1 Å². The quantitative estimate of drug-likeness (QED) is 0.302. The fraction of sp³-hybridized carbons (Fsp3) is 0.0870. The molecule has 0 amide bonds. The lowest BCUT2D eigenvalue weighted by Crippen LogP contribution is -2.14. The Morgan fingerprint density at radius 2 is 1.53 bits per heavy atom. The largest absolute Gasteiger partial charge is 0.477 e. The average Bonchev–Trinajstić information content (AvgIpc) is 2.81. The summed E-state index contributed by atoms with van der Waals surface area (Å²) < 4.78 is 6.11. The van der Waals surface area contributed by atoms with Crippen LogP contribution < -0.4 is 21.3 Å². The number of para-hydroxylation sites is 1. The average molecular weight is 398 g/mol. The highest BCUT2D eigenvalue weighted by Gasteiger charge is 2.17. The van der Waals surface area contributed by atoms with Gasteiger partial charge >= 0.3 is 0 Å². The molecule has 0 saturated carbocycles. The molecule has 7 nitrogen and oxygen atoms in total. The van der Waals surface area contributed by atoms with Crippen LogP contribution in [-0.4, -0.2) is 21.6 Å². The van der Waals surface area contributed by atoms with Gasteiger partial charge in [-0.15, -0.1) is 0 Å². The second kappa shape index (κ2) is 9.49. The van der Waals surface area contributed by atoms with Crippen molar-refractivity contribution in [2.75, 3.05) is 17.3 Å². The van der Waals surface area contributed by atoms with Gasteiger partial charge in [-0.25, -0.2) is 5.84 Å². The van der Waals surface area contributed by atoms with Gasteiger partial charge < -0.3 is 15.5 Å². The number of benzene rings is 2. The van der Waals surface area contributed by atoms with Crippen molar-refractivity contribution in [3.05, 3.63) is 90.8 Å². The molecule has 0 radical (unpaired) electrons. The first kappa shape index (κ1) is 19.4. The Balaban J connectivity index is 1.66. The maximum Gasteiger partial charge on any atom is 0.232 e. The number of rotatable bonds is 8. The van der Waals surface area contributed by atoms with Crippen LogP contribution in [0.15, 0.2) is 85.2 Å². The minimum atomic E-state index is 0.396. The van der Waals surface area contributed by atoms with Crippen LogP contribution in [0.1, 0.15) is 5.56 Å². The molecule has 0 unspecified atom stereocenters. The van der Waals surface area contributed by atoms with E-state index in [2.05, 4.69) is 25.7 Å². The van der Waals surface area contributed by atoms with Gasteiger partial charge in [-0.2, -0.15) is 9.97 Å². The number of hydrazine groups is 1. The highest BCUT2D eigenvalue weighted by atomic mass is 16.5. The molecule has 0 saturated heterocycles. The van der Waals surface area contributed by atoms with Crippen molar-refractivity contribution in [1.82, 2.24) is 15.0 Å². The van der Waals surface area contributed by atoms with E-state index in [1.807, 2.05) is 72.8 Å². The predicted molar refractivity (Wildman–Crippen MR) is 118 cm³/mol. The summed E-state index contributed by atoms with van der Waals surface area (Å²) in [5.74, 6) is 7.14. The van der Waals surface area contributed by atoms with Crippen LogP contribution in [0.3, 0.4) is 0 Å². The molecule has 4 rings (SSSR count). The molecule has 2 aromatic heterocycles. The standard InChI is InChI=1S/C23H22N6O/c24-29-21-20(18-7-3-1-4-8-18)22(30-16-13-17-11-14-25-15-12-17)28-23(27-21)26-19-9-5-2-6-10-19/h1-12,14-15H,13,16,24H2,(H2,26,27,28,29). The summed E-state index contributed by atoms with van der Waals surface area (Å²) in [5.41, 5.74) is 6.33. The minimum absolute atomic E-state index is 0.396. The van der Waals surface area contributed by atoms with E-state index in [1.165, 1.54) is 0 Å². The van der Waals surface area contributed by atoms with Gasteiger partial charge in [0.05, 0.1) is 12.2 Å². The lowest BCUT2D eigenvalue weighted by Gasteiger charge is -2.16. The van der Waals surface area contributed by atoms with Crippen LogP contribution in [0.2, 0.25) is 0 Å². The third-order valence-electron chi connectivity index (χ3n) is 4.48. The van der Waals surface area contributed by atoms with Crippen molar-refractivity contribution in [3.8, 4) is 17.0 Å². The maximum atomic E-state index is 6.11. The van der Waals surface area contributed by atoms with Crippen LogP contribution in [-0.2, 0) is 6.42 Å². The van der Waals surface area contributed by atoms with Crippen molar-refractivity contribution in [3.63, 3.8) is 0 Å². The van der Waals surface area contributed by atoms with Crippen LogP contribution >= 0.6 is 0 Å². The Morgan fingerprint density at radius 1 is 0.833 bits per heavy atom. The summed E-state index contributed by atoms with van der Waals surface area (Å²) in [4.78, 5) is 13.2. The lowest BCUT2D eigenvalue weighted by atomic mass is 10.1. The van der Waals surface area contributed by atoms with Crippen LogP contribution in [0.4, 0.5) is 17.5 Å². The van der Waals surface area contributed by atoms with Crippen molar-refractivity contribution in [2.24, 2.45) is 5.84 Å². The maximum absolute atomic E-state index is 6.11. The van der Waals surface area contributed by atoms with Crippen molar-refractivity contribution < 1.29 is 4.74 Å². The van der Waals surface area contributed by atoms with Gasteiger partial charge in [-0.1, -0.05) is 48.5 Å². The second-order valence-corrected chi connectivity index (χ2v) is 6.53. The zero-order chi connectivity index (χ0) is 20.6. The second-order valence-electron chi connectivity index (χ2n) is 6.53. The molecule has 0 bridgehead atoms. The first-order chi connectivity index (χ1) is 14.8. The Kier molecular flexibility index (Phi) is 6.12. The lowest BCUT2D eigenvalue weighted by molar-refractivity contribution is 0.311. The molecular weight excluding hydrogens is 376 g/mol. The molecule has 7 heteroatoms. The number of aromatic nitrogens is 3. The van der Waals surface area contributed by atoms with Crippen molar-refractivity contribution in [2.45, 2.75) is 6.42 Å². The Hall–Kier alpha value is -3.97. The van der Waals surface area contributed by atoms with Gasteiger partial charge in [-0.3, -0.25) is 4.98 Å². The molecule has 0 aliphatic rings. The van der Waals surface area contributed by atoms with Gasteiger partial charge in [0.1, 0.15) is 0 Å². The minimum Gasteiger partial charge on any atom is -0.477 e. The third-order valence-corrected chi connectivity index (χ3v) is 4.48. The zero-order valence-corrected chi connectivity index (χ0v) is 16.3. The van der Waals surface area contributed by atoms with Crippen molar-refractivity contribution in [1.29, 1.82) is 0 Å². The molecule has 2 heterocycles. The molecule has 0 fully saturated rings. The molecule has 0 spiro atoms. The fourth-order valence-electron chi connectivity index (χ4n) is 3.04. The number of nitrogens with two attached hydrogens (primary N) is 1. The molecule has 0 atom stereocenters. The highest BCUT2D eigenvalue weighted by Crippen LogP contribution is 2.35. The Bertz CT molecular complexity index is 1070. The number of nitrogens with one attached hydrogen (secondary N) is 2. The summed E-state index contributed by atoms with van der Waals surface area (Å²) in [6.45, 7) is 0.454. The first-order valence-electron chi connectivity index (χ1n) is 9.61. The molecule has 0 aliphatic carbocycles. The summed E-state index contributed by atoms with van der Waals surface area (Å²) in [6.07, 6.45) is 4.27. The number of hydrogen-bond donors (Lipinski definition) is 3. The molecule has 0 aliphatic heterocycles. The highest BCUT2D eigenvalue weighted by molar-refractivity contribution is 5.80. The van der Waals surface area contributed by atoms with E-state index < -0.39 is 0 Å². The van der Waals surface area contributed by atoms with Crippen LogP contribution in [0, 0.1) is 0 Å². The van der Waals surface area contributed by atoms with E-state index in [1.54, 1.807) is 12.4 Å². The molecule has 30 heavy (non-hydrogen) atoms. The van der Waals surface area contributed by atoms with Gasteiger partial charge in [0.15, 0.2) is 5.82 Å². The number of ether oxygens (including phenoxy) is 1. The van der Waals surface area contributed by atoms with Gasteiger partial charge in [-0.05, 0) is 35.4 Å². The Morgan fingerprint density at radius 3 is 2.23 bits per heavy atom. The third kappa shape index (κ3) is 4.71. The smallest absolute Gasteiger partial charge is 0.232 e. The molecule has 2 aromatic carbocycles. The van der Waals surface area contributed by atoms with E-state index >= 15 is 0 Å². The molecular formula is C23H22N6O. The molecule has 4 aromatic rings. The van der Waals surface area contributed by atoms with E-state index in [4.69, 9.17) is 10.6 Å².